The lowest BCUT2D eigenvalue weighted by Crippen LogP contribution is -2.15. The Hall–Kier alpha value is -1.05. The number of rotatable bonds is 11. The highest BCUT2D eigenvalue weighted by molar-refractivity contribution is 5.29. The van der Waals surface area contributed by atoms with Crippen molar-refractivity contribution in [3.05, 3.63) is 29.6 Å². The van der Waals surface area contributed by atoms with Crippen molar-refractivity contribution in [3.8, 4) is 5.75 Å². The van der Waals surface area contributed by atoms with Gasteiger partial charge in [-0.25, -0.2) is 4.39 Å². The normalized spacial score (nSPS) is 20.6. The summed E-state index contributed by atoms with van der Waals surface area (Å²) in [6.45, 7) is 5.09. The Morgan fingerprint density at radius 2 is 1.60 bits per heavy atom. The van der Waals surface area contributed by atoms with E-state index in [4.69, 9.17) is 4.74 Å². The van der Waals surface area contributed by atoms with Crippen molar-refractivity contribution in [2.24, 2.45) is 11.8 Å². The van der Waals surface area contributed by atoms with E-state index < -0.39 is 0 Å². The zero-order valence-corrected chi connectivity index (χ0v) is 16.4. The molecule has 1 aromatic rings. The molecule has 2 heteroatoms. The molecule has 1 aromatic carbocycles. The van der Waals surface area contributed by atoms with Crippen molar-refractivity contribution in [2.45, 2.75) is 90.9 Å². The highest BCUT2D eigenvalue weighted by atomic mass is 19.1. The third-order valence-electron chi connectivity index (χ3n) is 5.80. The van der Waals surface area contributed by atoms with Gasteiger partial charge in [0, 0.05) is 6.07 Å². The van der Waals surface area contributed by atoms with Crippen LogP contribution >= 0.6 is 0 Å². The molecule has 1 aliphatic carbocycles. The van der Waals surface area contributed by atoms with Gasteiger partial charge >= 0.3 is 0 Å². The van der Waals surface area contributed by atoms with Gasteiger partial charge in [0.2, 0.25) is 0 Å². The van der Waals surface area contributed by atoms with Gasteiger partial charge < -0.3 is 4.74 Å². The number of unbranched alkanes of at least 4 members (excludes halogenated alkanes) is 3. The van der Waals surface area contributed by atoms with Crippen LogP contribution in [0, 0.1) is 17.7 Å². The van der Waals surface area contributed by atoms with Crippen molar-refractivity contribution >= 4 is 0 Å². The Morgan fingerprint density at radius 1 is 0.920 bits per heavy atom. The number of hydrogen-bond donors (Lipinski definition) is 0. The van der Waals surface area contributed by atoms with Gasteiger partial charge in [0.15, 0.2) is 0 Å². The summed E-state index contributed by atoms with van der Waals surface area (Å²) < 4.78 is 19.9. The van der Waals surface area contributed by atoms with E-state index >= 15 is 0 Å². The fourth-order valence-corrected chi connectivity index (χ4v) is 4.01. The standard InChI is InChI=1S/C23H37FO/c1-3-5-7-8-19-9-11-20(12-10-19)13-14-21-15-16-22(18-23(21)24)25-17-6-4-2/h15-16,18-20H,3-14,17H2,1-2H3/t19-,20-. The lowest BCUT2D eigenvalue weighted by atomic mass is 9.78. The minimum Gasteiger partial charge on any atom is -0.493 e. The molecule has 1 nitrogen and oxygen atoms in total. The maximum absolute atomic E-state index is 14.3. The molecule has 0 spiro atoms. The van der Waals surface area contributed by atoms with Crippen molar-refractivity contribution < 1.29 is 9.13 Å². The fraction of sp³-hybridized carbons (Fsp3) is 0.739. The molecule has 0 bridgehead atoms. The van der Waals surface area contributed by atoms with E-state index in [-0.39, 0.29) is 5.82 Å². The molecule has 25 heavy (non-hydrogen) atoms. The zero-order valence-electron chi connectivity index (χ0n) is 16.4. The summed E-state index contributed by atoms with van der Waals surface area (Å²) in [4.78, 5) is 0. The van der Waals surface area contributed by atoms with Crippen molar-refractivity contribution in [1.29, 1.82) is 0 Å². The van der Waals surface area contributed by atoms with E-state index in [1.807, 2.05) is 12.1 Å². The van der Waals surface area contributed by atoms with E-state index in [0.29, 0.717) is 12.4 Å². The third kappa shape index (κ3) is 7.38. The van der Waals surface area contributed by atoms with Gasteiger partial charge in [0.1, 0.15) is 11.6 Å². The SMILES string of the molecule is CCCCC[C@H]1CC[C@H](CCc2ccc(OCCCC)cc2F)CC1. The first-order valence-corrected chi connectivity index (χ1v) is 10.6. The van der Waals surface area contributed by atoms with Gasteiger partial charge in [0.05, 0.1) is 6.61 Å². The maximum atomic E-state index is 14.3. The average Bonchev–Trinajstić information content (AvgIpc) is 2.62. The average molecular weight is 349 g/mol. The summed E-state index contributed by atoms with van der Waals surface area (Å²) in [5, 5.41) is 0. The van der Waals surface area contributed by atoms with Crippen LogP contribution in [0.15, 0.2) is 18.2 Å². The monoisotopic (exact) mass is 348 g/mol. The Kier molecular flexibility index (Phi) is 9.36. The second-order valence-corrected chi connectivity index (χ2v) is 7.88. The van der Waals surface area contributed by atoms with Crippen LogP contribution in [0.4, 0.5) is 4.39 Å². The van der Waals surface area contributed by atoms with Crippen LogP contribution < -0.4 is 4.74 Å². The predicted octanol–water partition coefficient (Wildman–Crippen LogP) is 7.32. The molecule has 0 N–H and O–H groups in total. The van der Waals surface area contributed by atoms with Crippen molar-refractivity contribution in [2.75, 3.05) is 6.61 Å². The van der Waals surface area contributed by atoms with E-state index in [1.54, 1.807) is 6.07 Å². The Labute approximate surface area is 154 Å². The third-order valence-corrected chi connectivity index (χ3v) is 5.80. The minimum atomic E-state index is -0.0951. The van der Waals surface area contributed by atoms with E-state index in [0.717, 1.165) is 43.1 Å². The van der Waals surface area contributed by atoms with Crippen LogP contribution in [0.5, 0.6) is 5.75 Å². The van der Waals surface area contributed by atoms with Crippen LogP contribution in [-0.2, 0) is 6.42 Å². The summed E-state index contributed by atoms with van der Waals surface area (Å²) in [6.07, 6.45) is 15.1. The largest absolute Gasteiger partial charge is 0.493 e. The van der Waals surface area contributed by atoms with Crippen LogP contribution in [0.1, 0.15) is 90.0 Å². The molecule has 1 saturated carbocycles. The lowest BCUT2D eigenvalue weighted by Gasteiger charge is -2.28. The summed E-state index contributed by atoms with van der Waals surface area (Å²) in [5.74, 6) is 2.32. The molecule has 2 rings (SSSR count). The first-order valence-electron chi connectivity index (χ1n) is 10.6. The van der Waals surface area contributed by atoms with Crippen molar-refractivity contribution in [3.63, 3.8) is 0 Å². The number of benzene rings is 1. The van der Waals surface area contributed by atoms with Gasteiger partial charge in [-0.15, -0.1) is 0 Å². The molecule has 0 aromatic heterocycles. The lowest BCUT2D eigenvalue weighted by molar-refractivity contribution is 0.248. The van der Waals surface area contributed by atoms with Crippen LogP contribution in [0.25, 0.3) is 0 Å². The van der Waals surface area contributed by atoms with Gasteiger partial charge in [-0.2, -0.15) is 0 Å². The number of aryl methyl sites for hydroxylation is 1. The summed E-state index contributed by atoms with van der Waals surface area (Å²) in [6, 6.07) is 5.42. The Morgan fingerprint density at radius 3 is 2.24 bits per heavy atom. The van der Waals surface area contributed by atoms with Gasteiger partial charge in [-0.1, -0.05) is 77.7 Å². The first-order chi connectivity index (χ1) is 12.2. The molecule has 0 aliphatic heterocycles. The van der Waals surface area contributed by atoms with Crippen LogP contribution in [0.3, 0.4) is 0 Å². The molecule has 0 saturated heterocycles. The topological polar surface area (TPSA) is 9.23 Å². The molecule has 1 fully saturated rings. The van der Waals surface area contributed by atoms with Crippen LogP contribution in [-0.4, -0.2) is 6.61 Å². The molecule has 0 heterocycles. The second kappa shape index (κ2) is 11.5. The maximum Gasteiger partial charge on any atom is 0.130 e. The smallest absolute Gasteiger partial charge is 0.130 e. The molecule has 0 atom stereocenters. The molecule has 142 valence electrons. The molecule has 0 unspecified atom stereocenters. The minimum absolute atomic E-state index is 0.0951. The summed E-state index contributed by atoms with van der Waals surface area (Å²) >= 11 is 0. The summed E-state index contributed by atoms with van der Waals surface area (Å²) in [7, 11) is 0. The number of ether oxygens (including phenoxy) is 1. The first kappa shape index (κ1) is 20.3. The molecule has 0 radical (unpaired) electrons. The van der Waals surface area contributed by atoms with Gasteiger partial charge in [-0.05, 0) is 42.7 Å². The van der Waals surface area contributed by atoms with E-state index in [9.17, 15) is 4.39 Å². The molecule has 1 aliphatic rings. The van der Waals surface area contributed by atoms with Gasteiger partial charge in [-0.3, -0.25) is 0 Å². The van der Waals surface area contributed by atoms with Crippen LogP contribution in [0.2, 0.25) is 0 Å². The fourth-order valence-electron chi connectivity index (χ4n) is 4.01. The molecular formula is C23H37FO. The Balaban J connectivity index is 1.69. The number of hydrogen-bond acceptors (Lipinski definition) is 1. The van der Waals surface area contributed by atoms with E-state index in [2.05, 4.69) is 13.8 Å². The number of halogens is 1. The summed E-state index contributed by atoms with van der Waals surface area (Å²) in [5.41, 5.74) is 0.855. The van der Waals surface area contributed by atoms with Gasteiger partial charge in [0.25, 0.3) is 0 Å². The highest BCUT2D eigenvalue weighted by Gasteiger charge is 2.21. The quantitative estimate of drug-likeness (QED) is 0.380. The molecule has 0 amide bonds. The highest BCUT2D eigenvalue weighted by Crippen LogP contribution is 2.34. The van der Waals surface area contributed by atoms with E-state index in [1.165, 1.54) is 51.4 Å². The predicted molar refractivity (Wildman–Crippen MR) is 105 cm³/mol. The second-order valence-electron chi connectivity index (χ2n) is 7.88. The van der Waals surface area contributed by atoms with Crippen molar-refractivity contribution in [1.82, 2.24) is 0 Å². The zero-order chi connectivity index (χ0) is 17.9. The molecular weight excluding hydrogens is 311 g/mol. The Bertz CT molecular complexity index is 477.